The Balaban J connectivity index is 2.36. The topological polar surface area (TPSA) is 26.3 Å². The zero-order valence-electron chi connectivity index (χ0n) is 7.66. The number of hydrogen-bond acceptors (Lipinski definition) is 2. The predicted molar refractivity (Wildman–Crippen MR) is 56.9 cm³/mol. The number of hydrogen-bond donors (Lipinski definition) is 0. The monoisotopic (exact) mass is 252 g/mol. The molecular weight excluding hydrogens is 244 g/mol. The zero-order valence-corrected chi connectivity index (χ0v) is 9.24. The van der Waals surface area contributed by atoms with Gasteiger partial charge in [-0.3, -0.25) is 0 Å². The van der Waals surface area contributed by atoms with Crippen molar-refractivity contribution < 1.29 is 9.53 Å². The van der Waals surface area contributed by atoms with E-state index < -0.39 is 0 Å². The van der Waals surface area contributed by atoms with Crippen molar-refractivity contribution in [2.45, 2.75) is 13.0 Å². The molecule has 1 aromatic rings. The summed E-state index contributed by atoms with van der Waals surface area (Å²) in [6.07, 6.45) is -0.260. The van der Waals surface area contributed by atoms with Crippen LogP contribution in [0.3, 0.4) is 0 Å². The van der Waals surface area contributed by atoms with Gasteiger partial charge in [0.05, 0.1) is 4.48 Å². The van der Waals surface area contributed by atoms with Crippen LogP contribution in [0.5, 0.6) is 0 Å². The second-order valence-corrected chi connectivity index (χ2v) is 4.02. The van der Waals surface area contributed by atoms with Gasteiger partial charge in [-0.15, -0.1) is 0 Å². The standard InChI is InChI=1S/C11H9BrO2/c1-7-9(12)10(14-11(7)13)8-5-3-2-4-6-8/h2-6,10H,1H3. The average Bonchev–Trinajstić information content (AvgIpc) is 2.47. The normalized spacial score (nSPS) is 21.3. The highest BCUT2D eigenvalue weighted by Crippen LogP contribution is 2.38. The molecule has 1 aliphatic heterocycles. The number of benzene rings is 1. The van der Waals surface area contributed by atoms with Crippen molar-refractivity contribution in [1.82, 2.24) is 0 Å². The van der Waals surface area contributed by atoms with E-state index >= 15 is 0 Å². The number of esters is 1. The highest BCUT2D eigenvalue weighted by atomic mass is 79.9. The van der Waals surface area contributed by atoms with E-state index in [0.29, 0.717) is 5.57 Å². The van der Waals surface area contributed by atoms with E-state index in [1.54, 1.807) is 6.92 Å². The van der Waals surface area contributed by atoms with Gasteiger partial charge in [-0.2, -0.15) is 0 Å². The summed E-state index contributed by atoms with van der Waals surface area (Å²) in [4.78, 5) is 11.3. The fourth-order valence-corrected chi connectivity index (χ4v) is 1.90. The van der Waals surface area contributed by atoms with Gasteiger partial charge in [0.25, 0.3) is 0 Å². The SMILES string of the molecule is CC1=C(Br)C(c2ccccc2)OC1=O. The lowest BCUT2D eigenvalue weighted by molar-refractivity contribution is -0.139. The molecule has 1 unspecified atom stereocenters. The van der Waals surface area contributed by atoms with Crippen molar-refractivity contribution in [3.8, 4) is 0 Å². The van der Waals surface area contributed by atoms with Gasteiger partial charge in [0, 0.05) is 5.57 Å². The number of cyclic esters (lactones) is 1. The van der Waals surface area contributed by atoms with E-state index in [9.17, 15) is 4.79 Å². The molecular formula is C11H9BrO2. The van der Waals surface area contributed by atoms with Gasteiger partial charge in [-0.1, -0.05) is 46.3 Å². The maximum absolute atomic E-state index is 11.3. The summed E-state index contributed by atoms with van der Waals surface area (Å²) in [6.45, 7) is 1.76. The summed E-state index contributed by atoms with van der Waals surface area (Å²) in [5, 5.41) is 0. The van der Waals surface area contributed by atoms with Crippen LogP contribution in [0.4, 0.5) is 0 Å². The fraction of sp³-hybridized carbons (Fsp3) is 0.182. The van der Waals surface area contributed by atoms with E-state index in [0.717, 1.165) is 10.0 Å². The van der Waals surface area contributed by atoms with Crippen molar-refractivity contribution in [1.29, 1.82) is 0 Å². The summed E-state index contributed by atoms with van der Waals surface area (Å²) in [5.41, 5.74) is 1.64. The first-order valence-corrected chi connectivity index (χ1v) is 5.11. The molecule has 0 aliphatic carbocycles. The second-order valence-electron chi connectivity index (χ2n) is 3.17. The summed E-state index contributed by atoms with van der Waals surface area (Å²) in [7, 11) is 0. The van der Waals surface area contributed by atoms with E-state index in [-0.39, 0.29) is 12.1 Å². The van der Waals surface area contributed by atoms with Gasteiger partial charge >= 0.3 is 5.97 Å². The van der Waals surface area contributed by atoms with Crippen LogP contribution in [-0.4, -0.2) is 5.97 Å². The second kappa shape index (κ2) is 3.58. The lowest BCUT2D eigenvalue weighted by Gasteiger charge is -2.10. The molecule has 0 saturated heterocycles. The van der Waals surface area contributed by atoms with Gasteiger partial charge in [-0.05, 0) is 12.5 Å². The number of ether oxygens (including phenoxy) is 1. The van der Waals surface area contributed by atoms with Crippen LogP contribution in [0.15, 0.2) is 40.4 Å². The average molecular weight is 253 g/mol. The highest BCUT2D eigenvalue weighted by Gasteiger charge is 2.30. The van der Waals surface area contributed by atoms with Gasteiger partial charge in [-0.25, -0.2) is 4.79 Å². The molecule has 1 aromatic carbocycles. The summed E-state index contributed by atoms with van der Waals surface area (Å²) in [6, 6.07) is 9.68. The van der Waals surface area contributed by atoms with Crippen LogP contribution in [0.25, 0.3) is 0 Å². The van der Waals surface area contributed by atoms with Crippen molar-refractivity contribution >= 4 is 21.9 Å². The third-order valence-corrected chi connectivity index (χ3v) is 3.23. The van der Waals surface area contributed by atoms with Crippen molar-refractivity contribution in [3.63, 3.8) is 0 Å². The van der Waals surface area contributed by atoms with E-state index in [2.05, 4.69) is 15.9 Å². The maximum Gasteiger partial charge on any atom is 0.335 e. The minimum absolute atomic E-state index is 0.245. The molecule has 0 fully saturated rings. The number of carbonyl (C=O) groups excluding carboxylic acids is 1. The number of halogens is 1. The van der Waals surface area contributed by atoms with Crippen LogP contribution >= 0.6 is 15.9 Å². The van der Waals surface area contributed by atoms with Crippen LogP contribution in [0.2, 0.25) is 0 Å². The number of carbonyl (C=O) groups is 1. The molecule has 0 saturated carbocycles. The first-order chi connectivity index (χ1) is 6.70. The first kappa shape index (κ1) is 9.46. The Hall–Kier alpha value is -1.09. The van der Waals surface area contributed by atoms with Crippen molar-refractivity contribution in [2.75, 3.05) is 0 Å². The number of rotatable bonds is 1. The van der Waals surface area contributed by atoms with Gasteiger partial charge in [0.2, 0.25) is 0 Å². The minimum Gasteiger partial charge on any atom is -0.449 e. The lowest BCUT2D eigenvalue weighted by atomic mass is 10.1. The molecule has 0 bridgehead atoms. The molecule has 2 rings (SSSR count). The first-order valence-electron chi connectivity index (χ1n) is 4.32. The third-order valence-electron chi connectivity index (χ3n) is 2.22. The van der Waals surface area contributed by atoms with Gasteiger partial charge in [0.15, 0.2) is 6.10 Å². The van der Waals surface area contributed by atoms with Crippen LogP contribution in [-0.2, 0) is 9.53 Å². The van der Waals surface area contributed by atoms with Gasteiger partial charge < -0.3 is 4.74 Å². The largest absolute Gasteiger partial charge is 0.449 e. The fourth-order valence-electron chi connectivity index (χ4n) is 1.38. The van der Waals surface area contributed by atoms with Crippen LogP contribution < -0.4 is 0 Å². The van der Waals surface area contributed by atoms with Crippen molar-refractivity contribution in [2.24, 2.45) is 0 Å². The molecule has 0 N–H and O–H groups in total. The molecule has 0 aromatic heterocycles. The Morgan fingerprint density at radius 1 is 1.29 bits per heavy atom. The summed E-state index contributed by atoms with van der Waals surface area (Å²) >= 11 is 3.38. The molecule has 14 heavy (non-hydrogen) atoms. The predicted octanol–water partition coefficient (Wildman–Crippen LogP) is 2.95. The molecule has 0 spiro atoms. The van der Waals surface area contributed by atoms with E-state index in [4.69, 9.17) is 4.74 Å². The smallest absolute Gasteiger partial charge is 0.335 e. The molecule has 1 aliphatic rings. The highest BCUT2D eigenvalue weighted by molar-refractivity contribution is 9.11. The lowest BCUT2D eigenvalue weighted by Crippen LogP contribution is -2.01. The van der Waals surface area contributed by atoms with E-state index in [1.807, 2.05) is 30.3 Å². The molecule has 0 amide bonds. The quantitative estimate of drug-likeness (QED) is 0.719. The van der Waals surface area contributed by atoms with Crippen LogP contribution in [0.1, 0.15) is 18.6 Å². The molecule has 2 nitrogen and oxygen atoms in total. The third kappa shape index (κ3) is 1.48. The van der Waals surface area contributed by atoms with Crippen LogP contribution in [0, 0.1) is 0 Å². The minimum atomic E-state index is -0.260. The van der Waals surface area contributed by atoms with E-state index in [1.165, 1.54) is 0 Å². The van der Waals surface area contributed by atoms with Crippen molar-refractivity contribution in [3.05, 3.63) is 46.0 Å². The Labute approximate surface area is 90.7 Å². The van der Waals surface area contributed by atoms with Gasteiger partial charge in [0.1, 0.15) is 0 Å². The Bertz CT molecular complexity index is 395. The summed E-state index contributed by atoms with van der Waals surface area (Å²) in [5.74, 6) is -0.245. The zero-order chi connectivity index (χ0) is 10.1. The molecule has 72 valence electrons. The molecule has 3 heteroatoms. The Morgan fingerprint density at radius 2 is 1.93 bits per heavy atom. The molecule has 0 radical (unpaired) electrons. The molecule has 1 heterocycles. The molecule has 1 atom stereocenters. The Kier molecular flexibility index (Phi) is 2.42. The summed E-state index contributed by atoms with van der Waals surface area (Å²) < 4.78 is 6.04. The maximum atomic E-state index is 11.3. The Morgan fingerprint density at radius 3 is 2.43 bits per heavy atom.